The van der Waals surface area contributed by atoms with E-state index in [4.69, 9.17) is 9.52 Å². The van der Waals surface area contributed by atoms with Gasteiger partial charge in [0.2, 0.25) is 0 Å². The number of rotatable bonds is 1. The van der Waals surface area contributed by atoms with Crippen LogP contribution in [-0.4, -0.2) is 10.2 Å². The first-order valence-electron chi connectivity index (χ1n) is 4.08. The molecule has 2 rings (SSSR count). The van der Waals surface area contributed by atoms with Gasteiger partial charge in [-0.1, -0.05) is 12.1 Å². The van der Waals surface area contributed by atoms with Crippen LogP contribution in [0.4, 0.5) is 0 Å². The molecule has 14 heavy (non-hydrogen) atoms. The number of aliphatic hydroxyl groups is 1. The molecule has 0 unspecified atom stereocenters. The van der Waals surface area contributed by atoms with E-state index in [1.807, 2.05) is 0 Å². The molecule has 0 aliphatic heterocycles. The summed E-state index contributed by atoms with van der Waals surface area (Å²) in [6.07, 6.45) is 0. The molecule has 0 radical (unpaired) electrons. The Balaban J connectivity index is 2.94. The van der Waals surface area contributed by atoms with Gasteiger partial charge in [0.15, 0.2) is 0 Å². The summed E-state index contributed by atoms with van der Waals surface area (Å²) in [4.78, 5) is 10.9. The molecule has 1 aromatic heterocycles. The average Bonchev–Trinajstić information content (AvgIpc) is 2.16. The maximum Gasteiger partial charge on any atom is 0.339 e. The summed E-state index contributed by atoms with van der Waals surface area (Å²) in [7, 11) is 0. The van der Waals surface area contributed by atoms with E-state index in [1.54, 1.807) is 18.2 Å². The molecule has 4 heteroatoms. The molecule has 1 aromatic carbocycles. The van der Waals surface area contributed by atoms with Crippen molar-refractivity contribution in [3.8, 4) is 5.75 Å². The van der Waals surface area contributed by atoms with Crippen LogP contribution in [0.2, 0.25) is 0 Å². The Morgan fingerprint density at radius 2 is 2.14 bits per heavy atom. The van der Waals surface area contributed by atoms with Crippen LogP contribution in [0.25, 0.3) is 11.0 Å². The molecule has 72 valence electrons. The van der Waals surface area contributed by atoms with Crippen LogP contribution < -0.4 is 5.63 Å². The van der Waals surface area contributed by atoms with Gasteiger partial charge in [0.25, 0.3) is 0 Å². The molecule has 0 amide bonds. The minimum Gasteiger partial charge on any atom is -0.507 e. The van der Waals surface area contributed by atoms with Crippen molar-refractivity contribution in [2.24, 2.45) is 0 Å². The van der Waals surface area contributed by atoms with Crippen molar-refractivity contribution in [2.75, 3.05) is 0 Å². The SMILES string of the molecule is O=c1cc(O)c2c(CO)cccc2o1. The van der Waals surface area contributed by atoms with E-state index in [2.05, 4.69) is 0 Å². The zero-order valence-corrected chi connectivity index (χ0v) is 7.23. The van der Waals surface area contributed by atoms with Crippen molar-refractivity contribution < 1.29 is 14.6 Å². The molecular formula is C10H8O4. The molecule has 0 spiro atoms. The highest BCUT2D eigenvalue weighted by Gasteiger charge is 2.07. The van der Waals surface area contributed by atoms with E-state index in [1.165, 1.54) is 0 Å². The molecular weight excluding hydrogens is 184 g/mol. The summed E-state index contributed by atoms with van der Waals surface area (Å²) >= 11 is 0. The molecule has 2 N–H and O–H groups in total. The Morgan fingerprint density at radius 1 is 1.36 bits per heavy atom. The van der Waals surface area contributed by atoms with Crippen molar-refractivity contribution in [1.29, 1.82) is 0 Å². The Hall–Kier alpha value is -1.81. The molecule has 0 bridgehead atoms. The Kier molecular flexibility index (Phi) is 1.98. The van der Waals surface area contributed by atoms with Gasteiger partial charge in [-0.2, -0.15) is 0 Å². The number of hydrogen-bond acceptors (Lipinski definition) is 4. The molecule has 0 atom stereocenters. The van der Waals surface area contributed by atoms with Gasteiger partial charge < -0.3 is 14.6 Å². The number of benzene rings is 1. The summed E-state index contributed by atoms with van der Waals surface area (Å²) in [5.41, 5.74) is 0.204. The fourth-order valence-corrected chi connectivity index (χ4v) is 1.41. The zero-order valence-electron chi connectivity index (χ0n) is 7.23. The van der Waals surface area contributed by atoms with Crippen molar-refractivity contribution in [1.82, 2.24) is 0 Å². The lowest BCUT2D eigenvalue weighted by atomic mass is 10.1. The van der Waals surface area contributed by atoms with Gasteiger partial charge in [0.1, 0.15) is 11.3 Å². The standard InChI is InChI=1S/C10H8O4/c11-5-6-2-1-3-8-10(6)7(12)4-9(13)14-8/h1-4,11-12H,5H2. The fraction of sp³-hybridized carbons (Fsp3) is 0.100. The van der Waals surface area contributed by atoms with Crippen LogP contribution in [0, 0.1) is 0 Å². The first-order chi connectivity index (χ1) is 6.72. The Morgan fingerprint density at radius 3 is 2.86 bits per heavy atom. The minimum absolute atomic E-state index is 0.166. The smallest absolute Gasteiger partial charge is 0.339 e. The molecule has 0 saturated carbocycles. The van der Waals surface area contributed by atoms with Crippen molar-refractivity contribution in [2.45, 2.75) is 6.61 Å². The second kappa shape index (κ2) is 3.16. The van der Waals surface area contributed by atoms with E-state index in [0.29, 0.717) is 10.9 Å². The summed E-state index contributed by atoms with van der Waals surface area (Å²) in [5.74, 6) is -0.166. The lowest BCUT2D eigenvalue weighted by molar-refractivity contribution is 0.283. The van der Waals surface area contributed by atoms with Crippen LogP contribution in [0.3, 0.4) is 0 Å². The topological polar surface area (TPSA) is 70.7 Å². The maximum absolute atomic E-state index is 10.9. The molecule has 0 saturated heterocycles. The highest BCUT2D eigenvalue weighted by molar-refractivity contribution is 5.86. The van der Waals surface area contributed by atoms with Gasteiger partial charge in [0, 0.05) is 0 Å². The molecule has 1 heterocycles. The second-order valence-electron chi connectivity index (χ2n) is 2.90. The third-order valence-electron chi connectivity index (χ3n) is 2.00. The van der Waals surface area contributed by atoms with Crippen LogP contribution in [0.1, 0.15) is 5.56 Å². The van der Waals surface area contributed by atoms with Gasteiger partial charge in [-0.3, -0.25) is 0 Å². The van der Waals surface area contributed by atoms with Gasteiger partial charge >= 0.3 is 5.63 Å². The quantitative estimate of drug-likeness (QED) is 0.661. The number of fused-ring (bicyclic) bond motifs is 1. The van der Waals surface area contributed by atoms with E-state index < -0.39 is 5.63 Å². The van der Waals surface area contributed by atoms with E-state index in [-0.39, 0.29) is 17.9 Å². The molecule has 0 aliphatic rings. The Bertz CT molecular complexity index is 527. The second-order valence-corrected chi connectivity index (χ2v) is 2.90. The number of hydrogen-bond donors (Lipinski definition) is 2. The fourth-order valence-electron chi connectivity index (χ4n) is 1.41. The molecule has 4 nitrogen and oxygen atoms in total. The summed E-state index contributed by atoms with van der Waals surface area (Å²) in [6, 6.07) is 5.86. The lowest BCUT2D eigenvalue weighted by Crippen LogP contribution is -1.97. The summed E-state index contributed by atoms with van der Waals surface area (Å²) in [6.45, 7) is -0.210. The van der Waals surface area contributed by atoms with Crippen LogP contribution >= 0.6 is 0 Å². The van der Waals surface area contributed by atoms with E-state index in [9.17, 15) is 9.90 Å². The average molecular weight is 192 g/mol. The van der Waals surface area contributed by atoms with Crippen LogP contribution in [-0.2, 0) is 6.61 Å². The number of aliphatic hydroxyl groups excluding tert-OH is 1. The first kappa shape index (κ1) is 8.77. The van der Waals surface area contributed by atoms with Crippen molar-refractivity contribution >= 4 is 11.0 Å². The van der Waals surface area contributed by atoms with Crippen LogP contribution in [0.15, 0.2) is 33.5 Å². The normalized spacial score (nSPS) is 10.6. The van der Waals surface area contributed by atoms with Gasteiger partial charge in [0.05, 0.1) is 18.1 Å². The van der Waals surface area contributed by atoms with Crippen molar-refractivity contribution in [3.05, 3.63) is 40.2 Å². The summed E-state index contributed by atoms with van der Waals surface area (Å²) < 4.78 is 4.86. The largest absolute Gasteiger partial charge is 0.507 e. The highest BCUT2D eigenvalue weighted by Crippen LogP contribution is 2.25. The van der Waals surface area contributed by atoms with Crippen LogP contribution in [0.5, 0.6) is 5.75 Å². The highest BCUT2D eigenvalue weighted by atomic mass is 16.4. The predicted molar refractivity (Wildman–Crippen MR) is 50.1 cm³/mol. The van der Waals surface area contributed by atoms with E-state index in [0.717, 1.165) is 6.07 Å². The minimum atomic E-state index is -0.606. The third-order valence-corrected chi connectivity index (χ3v) is 2.00. The van der Waals surface area contributed by atoms with Gasteiger partial charge in [-0.15, -0.1) is 0 Å². The Labute approximate surface area is 79.0 Å². The first-order valence-corrected chi connectivity index (χ1v) is 4.08. The molecule has 0 fully saturated rings. The third kappa shape index (κ3) is 1.25. The molecule has 0 aliphatic carbocycles. The monoisotopic (exact) mass is 192 g/mol. The zero-order chi connectivity index (χ0) is 10.1. The maximum atomic E-state index is 10.9. The summed E-state index contributed by atoms with van der Waals surface area (Å²) in [5, 5.41) is 18.9. The predicted octanol–water partition coefficient (Wildman–Crippen LogP) is 0.991. The van der Waals surface area contributed by atoms with Gasteiger partial charge in [-0.25, -0.2) is 4.79 Å². The lowest BCUT2D eigenvalue weighted by Gasteiger charge is -2.03. The molecule has 2 aromatic rings. The van der Waals surface area contributed by atoms with Gasteiger partial charge in [-0.05, 0) is 11.6 Å². The number of aromatic hydroxyl groups is 1. The van der Waals surface area contributed by atoms with Crippen molar-refractivity contribution in [3.63, 3.8) is 0 Å². The van der Waals surface area contributed by atoms with E-state index >= 15 is 0 Å².